The summed E-state index contributed by atoms with van der Waals surface area (Å²) in [5, 5.41) is 3.34. The molecular formula is C13H19F2N3O. The second-order valence-corrected chi connectivity index (χ2v) is 5.12. The fraction of sp³-hybridized carbons (Fsp3) is 0.615. The first kappa shape index (κ1) is 14.0. The maximum absolute atomic E-state index is 12.5. The molecule has 4 nitrogen and oxygen atoms in total. The number of alkyl halides is 2. The van der Waals surface area contributed by atoms with E-state index < -0.39 is 13.0 Å². The lowest BCUT2D eigenvalue weighted by atomic mass is 10.1. The number of piperazine rings is 1. The highest BCUT2D eigenvalue weighted by Crippen LogP contribution is 2.13. The average Bonchev–Trinajstić information content (AvgIpc) is 2.73. The molecule has 2 rings (SSSR count). The summed E-state index contributed by atoms with van der Waals surface area (Å²) in [4.78, 5) is 14.1. The van der Waals surface area contributed by atoms with Gasteiger partial charge in [0.15, 0.2) is 0 Å². The molecule has 1 aliphatic heterocycles. The topological polar surface area (TPSA) is 37.3 Å². The van der Waals surface area contributed by atoms with Gasteiger partial charge in [-0.15, -0.1) is 0 Å². The number of rotatable bonds is 3. The number of carbonyl (C=O) groups is 1. The van der Waals surface area contributed by atoms with Crippen LogP contribution < -0.4 is 5.32 Å². The van der Waals surface area contributed by atoms with Gasteiger partial charge in [0, 0.05) is 31.4 Å². The molecule has 0 bridgehead atoms. The van der Waals surface area contributed by atoms with Crippen LogP contribution in [0.3, 0.4) is 0 Å². The van der Waals surface area contributed by atoms with Gasteiger partial charge in [-0.3, -0.25) is 4.79 Å². The zero-order valence-electron chi connectivity index (χ0n) is 11.1. The van der Waals surface area contributed by atoms with E-state index in [4.69, 9.17) is 0 Å². The van der Waals surface area contributed by atoms with Crippen LogP contribution in [0.4, 0.5) is 8.78 Å². The van der Waals surface area contributed by atoms with Crippen molar-refractivity contribution in [3.8, 4) is 0 Å². The predicted molar refractivity (Wildman–Crippen MR) is 68.4 cm³/mol. The summed E-state index contributed by atoms with van der Waals surface area (Å²) in [5.74, 6) is -0.175. The third-order valence-electron chi connectivity index (χ3n) is 3.23. The van der Waals surface area contributed by atoms with Crippen LogP contribution in [0.2, 0.25) is 0 Å². The summed E-state index contributed by atoms with van der Waals surface area (Å²) < 4.78 is 26.2. The third kappa shape index (κ3) is 3.32. The van der Waals surface area contributed by atoms with Gasteiger partial charge in [0.05, 0.1) is 6.54 Å². The fourth-order valence-corrected chi connectivity index (χ4v) is 2.57. The van der Waals surface area contributed by atoms with Crippen LogP contribution in [0.15, 0.2) is 18.3 Å². The lowest BCUT2D eigenvalue weighted by molar-refractivity contribution is 0.0654. The molecule has 0 spiro atoms. The Morgan fingerprint density at radius 2 is 2.05 bits per heavy atom. The second kappa shape index (κ2) is 5.69. The van der Waals surface area contributed by atoms with Crippen molar-refractivity contribution in [1.82, 2.24) is 14.8 Å². The minimum atomic E-state index is -2.46. The van der Waals surface area contributed by atoms with E-state index in [2.05, 4.69) is 5.32 Å². The van der Waals surface area contributed by atoms with Crippen LogP contribution in [0.1, 0.15) is 24.3 Å². The highest BCUT2D eigenvalue weighted by atomic mass is 19.3. The van der Waals surface area contributed by atoms with Crippen LogP contribution in [0.5, 0.6) is 0 Å². The SMILES string of the molecule is CC1CN(C(=O)c2cccn2CC(F)F)CC(C)N1. The molecule has 0 aromatic carbocycles. The number of hydrogen-bond acceptors (Lipinski definition) is 2. The Morgan fingerprint density at radius 1 is 1.42 bits per heavy atom. The van der Waals surface area contributed by atoms with Crippen LogP contribution in [-0.2, 0) is 6.54 Å². The summed E-state index contributed by atoms with van der Waals surface area (Å²) >= 11 is 0. The highest BCUT2D eigenvalue weighted by Gasteiger charge is 2.27. The summed E-state index contributed by atoms with van der Waals surface area (Å²) in [5.41, 5.74) is 0.335. The molecule has 19 heavy (non-hydrogen) atoms. The van der Waals surface area contributed by atoms with E-state index >= 15 is 0 Å². The first-order valence-electron chi connectivity index (χ1n) is 6.46. The number of nitrogens with zero attached hydrogens (tertiary/aromatic N) is 2. The maximum Gasteiger partial charge on any atom is 0.270 e. The molecule has 0 radical (unpaired) electrons. The minimum absolute atomic E-state index is 0.175. The molecule has 1 aromatic heterocycles. The van der Waals surface area contributed by atoms with E-state index in [0.717, 1.165) is 0 Å². The van der Waals surface area contributed by atoms with Crippen molar-refractivity contribution in [2.45, 2.75) is 38.9 Å². The number of amides is 1. The molecule has 1 amide bonds. The lowest BCUT2D eigenvalue weighted by Crippen LogP contribution is -2.56. The van der Waals surface area contributed by atoms with Gasteiger partial charge in [0.25, 0.3) is 12.3 Å². The number of nitrogens with one attached hydrogen (secondary N) is 1. The molecule has 0 saturated carbocycles. The number of halogens is 2. The maximum atomic E-state index is 12.5. The van der Waals surface area contributed by atoms with Crippen molar-refractivity contribution in [3.63, 3.8) is 0 Å². The predicted octanol–water partition coefficient (Wildman–Crippen LogP) is 1.58. The minimum Gasteiger partial charge on any atom is -0.338 e. The molecule has 0 aliphatic carbocycles. The molecule has 1 saturated heterocycles. The van der Waals surface area contributed by atoms with Crippen LogP contribution in [0, 0.1) is 0 Å². The normalized spacial score (nSPS) is 23.9. The standard InChI is InChI=1S/C13H19F2N3O/c1-9-6-18(7-10(2)16-9)13(19)11-4-3-5-17(11)8-12(14)15/h3-5,9-10,12,16H,6-8H2,1-2H3. The molecule has 1 N–H and O–H groups in total. The molecule has 1 aliphatic rings. The monoisotopic (exact) mass is 271 g/mol. The summed E-state index contributed by atoms with van der Waals surface area (Å²) in [6.07, 6.45) is -0.936. The molecular weight excluding hydrogens is 252 g/mol. The Balaban J connectivity index is 2.13. The highest BCUT2D eigenvalue weighted by molar-refractivity contribution is 5.93. The van der Waals surface area contributed by atoms with Gasteiger partial charge in [0.1, 0.15) is 5.69 Å². The van der Waals surface area contributed by atoms with Gasteiger partial charge in [-0.05, 0) is 26.0 Å². The van der Waals surface area contributed by atoms with E-state index in [1.165, 1.54) is 10.8 Å². The summed E-state index contributed by atoms with van der Waals surface area (Å²) in [6.45, 7) is 4.78. The van der Waals surface area contributed by atoms with Gasteiger partial charge in [-0.1, -0.05) is 0 Å². The zero-order chi connectivity index (χ0) is 14.0. The van der Waals surface area contributed by atoms with Crippen molar-refractivity contribution < 1.29 is 13.6 Å². The molecule has 1 aromatic rings. The van der Waals surface area contributed by atoms with E-state index in [9.17, 15) is 13.6 Å². The van der Waals surface area contributed by atoms with Crippen LogP contribution in [-0.4, -0.2) is 47.0 Å². The fourth-order valence-electron chi connectivity index (χ4n) is 2.57. The largest absolute Gasteiger partial charge is 0.338 e. The van der Waals surface area contributed by atoms with Gasteiger partial charge in [0.2, 0.25) is 0 Å². The van der Waals surface area contributed by atoms with Crippen molar-refractivity contribution in [3.05, 3.63) is 24.0 Å². The lowest BCUT2D eigenvalue weighted by Gasteiger charge is -2.36. The first-order valence-corrected chi connectivity index (χ1v) is 6.46. The molecule has 2 atom stereocenters. The average molecular weight is 271 g/mol. The Bertz CT molecular complexity index is 437. The van der Waals surface area contributed by atoms with Gasteiger partial charge < -0.3 is 14.8 Å². The Labute approximate surface area is 111 Å². The number of aromatic nitrogens is 1. The third-order valence-corrected chi connectivity index (χ3v) is 3.23. The van der Waals surface area contributed by atoms with Gasteiger partial charge in [-0.2, -0.15) is 0 Å². The Hall–Kier alpha value is -1.43. The van der Waals surface area contributed by atoms with E-state index in [0.29, 0.717) is 18.8 Å². The second-order valence-electron chi connectivity index (χ2n) is 5.12. The number of carbonyl (C=O) groups excluding carboxylic acids is 1. The molecule has 2 heterocycles. The Morgan fingerprint density at radius 3 is 2.63 bits per heavy atom. The summed E-state index contributed by atoms with van der Waals surface area (Å²) in [7, 11) is 0. The molecule has 1 fully saturated rings. The van der Waals surface area contributed by atoms with Gasteiger partial charge >= 0.3 is 0 Å². The quantitative estimate of drug-likeness (QED) is 0.906. The molecule has 106 valence electrons. The first-order chi connectivity index (χ1) is 8.97. The van der Waals surface area contributed by atoms with Crippen molar-refractivity contribution in [2.75, 3.05) is 13.1 Å². The van der Waals surface area contributed by atoms with E-state index in [1.54, 1.807) is 17.0 Å². The van der Waals surface area contributed by atoms with Crippen LogP contribution in [0.25, 0.3) is 0 Å². The Kier molecular flexibility index (Phi) is 4.19. The number of hydrogen-bond donors (Lipinski definition) is 1. The van der Waals surface area contributed by atoms with Crippen molar-refractivity contribution in [2.24, 2.45) is 0 Å². The molecule has 2 unspecified atom stereocenters. The van der Waals surface area contributed by atoms with E-state index in [1.807, 2.05) is 13.8 Å². The van der Waals surface area contributed by atoms with Crippen molar-refractivity contribution >= 4 is 5.91 Å². The van der Waals surface area contributed by atoms with Crippen molar-refractivity contribution in [1.29, 1.82) is 0 Å². The smallest absolute Gasteiger partial charge is 0.270 e. The van der Waals surface area contributed by atoms with Crippen LogP contribution >= 0.6 is 0 Å². The van der Waals surface area contributed by atoms with E-state index in [-0.39, 0.29) is 18.0 Å². The summed E-state index contributed by atoms with van der Waals surface area (Å²) in [6, 6.07) is 3.66. The van der Waals surface area contributed by atoms with Gasteiger partial charge in [-0.25, -0.2) is 8.78 Å². The molecule has 6 heteroatoms. The zero-order valence-corrected chi connectivity index (χ0v) is 11.1.